The third-order valence-electron chi connectivity index (χ3n) is 2.18. The van der Waals surface area contributed by atoms with Gasteiger partial charge >= 0.3 is 0 Å². The van der Waals surface area contributed by atoms with Crippen molar-refractivity contribution in [2.24, 2.45) is 11.7 Å². The molecule has 1 aromatic rings. The Morgan fingerprint density at radius 2 is 2.38 bits per heavy atom. The second kappa shape index (κ2) is 5.12. The normalized spacial score (nSPS) is 11.6. The van der Waals surface area contributed by atoms with Crippen molar-refractivity contribution in [3.63, 3.8) is 0 Å². The van der Waals surface area contributed by atoms with Crippen LogP contribution in [0.4, 0.5) is 10.1 Å². The van der Waals surface area contributed by atoms with Gasteiger partial charge in [0.1, 0.15) is 11.9 Å². The van der Waals surface area contributed by atoms with Crippen LogP contribution < -0.4 is 11.1 Å². The van der Waals surface area contributed by atoms with Crippen LogP contribution in [0, 0.1) is 23.1 Å². The lowest BCUT2D eigenvalue weighted by atomic mass is 10.1. The van der Waals surface area contributed by atoms with E-state index in [0.717, 1.165) is 0 Å². The smallest absolute Gasteiger partial charge is 0.222 e. The number of anilines is 1. The summed E-state index contributed by atoms with van der Waals surface area (Å²) < 4.78 is 13.0. The van der Waals surface area contributed by atoms with Gasteiger partial charge in [0.25, 0.3) is 0 Å². The highest BCUT2D eigenvalue weighted by molar-refractivity contribution is 5.76. The molecule has 1 rings (SSSR count). The number of nitrogens with one attached hydrogen (secondary N) is 1. The molecule has 0 radical (unpaired) electrons. The van der Waals surface area contributed by atoms with Crippen molar-refractivity contribution < 1.29 is 9.18 Å². The summed E-state index contributed by atoms with van der Waals surface area (Å²) in [6.07, 6.45) is 0. The number of hydrogen-bond acceptors (Lipinski definition) is 3. The Morgan fingerprint density at radius 1 is 1.69 bits per heavy atom. The van der Waals surface area contributed by atoms with E-state index >= 15 is 0 Å². The quantitative estimate of drug-likeness (QED) is 0.802. The molecule has 4 nitrogen and oxygen atoms in total. The van der Waals surface area contributed by atoms with E-state index in [0.29, 0.717) is 12.2 Å². The zero-order chi connectivity index (χ0) is 12.1. The maximum Gasteiger partial charge on any atom is 0.222 e. The minimum atomic E-state index is -0.559. The van der Waals surface area contributed by atoms with Gasteiger partial charge in [0.2, 0.25) is 5.91 Å². The molecule has 1 atom stereocenters. The summed E-state index contributed by atoms with van der Waals surface area (Å²) in [6, 6.07) is 5.84. The van der Waals surface area contributed by atoms with Gasteiger partial charge in [-0.3, -0.25) is 4.79 Å². The number of amides is 1. The molecule has 0 fully saturated rings. The molecule has 84 valence electrons. The van der Waals surface area contributed by atoms with Gasteiger partial charge in [0, 0.05) is 12.2 Å². The molecule has 16 heavy (non-hydrogen) atoms. The van der Waals surface area contributed by atoms with Crippen LogP contribution in [0.5, 0.6) is 0 Å². The highest BCUT2D eigenvalue weighted by atomic mass is 19.1. The molecule has 3 N–H and O–H groups in total. The topological polar surface area (TPSA) is 78.9 Å². The Kier molecular flexibility index (Phi) is 3.84. The molecule has 1 aromatic carbocycles. The third-order valence-corrected chi connectivity index (χ3v) is 2.18. The van der Waals surface area contributed by atoms with Crippen molar-refractivity contribution in [2.75, 3.05) is 11.9 Å². The number of nitrogens with two attached hydrogens (primary N) is 1. The summed E-state index contributed by atoms with van der Waals surface area (Å²) in [5.74, 6) is -1.29. The molecule has 1 unspecified atom stereocenters. The third kappa shape index (κ3) is 2.95. The average molecular weight is 221 g/mol. The molecular formula is C11H12FN3O. The molecule has 0 saturated heterocycles. The van der Waals surface area contributed by atoms with Gasteiger partial charge in [-0.1, -0.05) is 6.92 Å². The number of hydrogen-bond donors (Lipinski definition) is 2. The summed E-state index contributed by atoms with van der Waals surface area (Å²) in [4.78, 5) is 10.8. The first-order valence-corrected chi connectivity index (χ1v) is 4.77. The lowest BCUT2D eigenvalue weighted by Crippen LogP contribution is -2.26. The van der Waals surface area contributed by atoms with Gasteiger partial charge in [-0.2, -0.15) is 5.26 Å². The predicted octanol–water partition coefficient (Wildman–Crippen LogP) is 1.23. The number of halogens is 1. The molecule has 0 aliphatic carbocycles. The maximum atomic E-state index is 13.0. The lowest BCUT2D eigenvalue weighted by Gasteiger charge is -2.10. The minimum Gasteiger partial charge on any atom is -0.384 e. The molecule has 0 spiro atoms. The Morgan fingerprint density at radius 3 is 2.94 bits per heavy atom. The molecular weight excluding hydrogens is 209 g/mol. The van der Waals surface area contributed by atoms with E-state index in [4.69, 9.17) is 11.0 Å². The summed E-state index contributed by atoms with van der Waals surface area (Å²) in [5.41, 5.74) is 5.65. The second-order valence-electron chi connectivity index (χ2n) is 3.49. The van der Waals surface area contributed by atoms with Gasteiger partial charge in [0.15, 0.2) is 0 Å². The van der Waals surface area contributed by atoms with Crippen molar-refractivity contribution in [2.45, 2.75) is 6.92 Å². The molecule has 1 amide bonds. The van der Waals surface area contributed by atoms with Crippen molar-refractivity contribution in [1.29, 1.82) is 5.26 Å². The maximum absolute atomic E-state index is 13.0. The standard InChI is InChI=1S/C11H12FN3O/c1-7(11(14)16)6-15-9-2-3-10(12)8(4-9)5-13/h2-4,7,15H,6H2,1H3,(H2,14,16). The Labute approximate surface area is 92.9 Å². The Hall–Kier alpha value is -2.09. The minimum absolute atomic E-state index is 0.0308. The van der Waals surface area contributed by atoms with Crippen LogP contribution in [-0.4, -0.2) is 12.5 Å². The first-order valence-electron chi connectivity index (χ1n) is 4.77. The van der Waals surface area contributed by atoms with Crippen LogP contribution in [0.25, 0.3) is 0 Å². The number of nitrogens with zero attached hydrogens (tertiary/aromatic N) is 1. The average Bonchev–Trinajstić information content (AvgIpc) is 2.27. The van der Waals surface area contributed by atoms with Crippen LogP contribution in [0.1, 0.15) is 12.5 Å². The fraction of sp³-hybridized carbons (Fsp3) is 0.273. The van der Waals surface area contributed by atoms with E-state index in [2.05, 4.69) is 5.32 Å². The van der Waals surface area contributed by atoms with Crippen LogP contribution >= 0.6 is 0 Å². The summed E-state index contributed by atoms with van der Waals surface area (Å²) in [5, 5.41) is 11.5. The van der Waals surface area contributed by atoms with E-state index in [1.54, 1.807) is 13.0 Å². The number of carbonyl (C=O) groups is 1. The molecule has 0 aliphatic rings. The summed E-state index contributed by atoms with van der Waals surface area (Å²) in [7, 11) is 0. The molecule has 0 heterocycles. The molecule has 5 heteroatoms. The van der Waals surface area contributed by atoms with E-state index in [-0.39, 0.29) is 11.5 Å². The van der Waals surface area contributed by atoms with Gasteiger partial charge < -0.3 is 11.1 Å². The predicted molar refractivity (Wildman–Crippen MR) is 58.0 cm³/mol. The molecule has 0 saturated carbocycles. The largest absolute Gasteiger partial charge is 0.384 e. The van der Waals surface area contributed by atoms with Gasteiger partial charge in [-0.25, -0.2) is 4.39 Å². The Bertz CT molecular complexity index is 439. The second-order valence-corrected chi connectivity index (χ2v) is 3.49. The molecule has 0 aromatic heterocycles. The number of rotatable bonds is 4. The molecule has 0 bridgehead atoms. The highest BCUT2D eigenvalue weighted by Gasteiger charge is 2.08. The number of benzene rings is 1. The van der Waals surface area contributed by atoms with Crippen LogP contribution in [0.3, 0.4) is 0 Å². The van der Waals surface area contributed by atoms with E-state index in [1.165, 1.54) is 18.2 Å². The van der Waals surface area contributed by atoms with Crippen LogP contribution in [0.2, 0.25) is 0 Å². The Balaban J connectivity index is 2.69. The van der Waals surface area contributed by atoms with E-state index in [1.807, 2.05) is 0 Å². The lowest BCUT2D eigenvalue weighted by molar-refractivity contribution is -0.120. The van der Waals surface area contributed by atoms with Gasteiger partial charge in [-0.15, -0.1) is 0 Å². The van der Waals surface area contributed by atoms with Crippen molar-refractivity contribution in [3.8, 4) is 6.07 Å². The zero-order valence-corrected chi connectivity index (χ0v) is 8.83. The monoisotopic (exact) mass is 221 g/mol. The molecule has 0 aliphatic heterocycles. The first kappa shape index (κ1) is 12.0. The number of nitriles is 1. The number of carbonyl (C=O) groups excluding carboxylic acids is 1. The van der Waals surface area contributed by atoms with Crippen molar-refractivity contribution in [1.82, 2.24) is 0 Å². The van der Waals surface area contributed by atoms with Crippen molar-refractivity contribution in [3.05, 3.63) is 29.6 Å². The zero-order valence-electron chi connectivity index (χ0n) is 8.83. The van der Waals surface area contributed by atoms with E-state index in [9.17, 15) is 9.18 Å². The van der Waals surface area contributed by atoms with Crippen molar-refractivity contribution >= 4 is 11.6 Å². The first-order chi connectivity index (χ1) is 7.54. The van der Waals surface area contributed by atoms with E-state index < -0.39 is 11.7 Å². The summed E-state index contributed by atoms with van der Waals surface area (Å²) in [6.45, 7) is 2.04. The van der Waals surface area contributed by atoms with Gasteiger partial charge in [0.05, 0.1) is 11.5 Å². The van der Waals surface area contributed by atoms with Crippen LogP contribution in [-0.2, 0) is 4.79 Å². The number of primary amides is 1. The fourth-order valence-electron chi connectivity index (χ4n) is 1.09. The SMILES string of the molecule is CC(CNc1ccc(F)c(C#N)c1)C(N)=O. The summed E-state index contributed by atoms with van der Waals surface area (Å²) >= 11 is 0. The van der Waals surface area contributed by atoms with Gasteiger partial charge in [-0.05, 0) is 18.2 Å². The highest BCUT2D eigenvalue weighted by Crippen LogP contribution is 2.14. The van der Waals surface area contributed by atoms with Crippen LogP contribution in [0.15, 0.2) is 18.2 Å². The fourth-order valence-corrected chi connectivity index (χ4v) is 1.09.